The highest BCUT2D eigenvalue weighted by Gasteiger charge is 2.53. The first-order valence-electron chi connectivity index (χ1n) is 8.75. The molecule has 0 bridgehead atoms. The maximum absolute atomic E-state index is 2.79. The van der Waals surface area contributed by atoms with E-state index in [1.807, 2.05) is 0 Å². The summed E-state index contributed by atoms with van der Waals surface area (Å²) in [6.07, 6.45) is 4.09. The molecule has 0 aromatic rings. The van der Waals surface area contributed by atoms with Crippen molar-refractivity contribution in [3.05, 3.63) is 0 Å². The molecule has 0 radical (unpaired) electrons. The third-order valence-electron chi connectivity index (χ3n) is 5.90. The molecule has 3 fully saturated rings. The van der Waals surface area contributed by atoms with Gasteiger partial charge in [0, 0.05) is 49.7 Å². The lowest BCUT2D eigenvalue weighted by Crippen LogP contribution is -2.74. The zero-order valence-corrected chi connectivity index (χ0v) is 13.9. The van der Waals surface area contributed by atoms with E-state index in [1.165, 1.54) is 58.5 Å². The van der Waals surface area contributed by atoms with Crippen LogP contribution < -0.4 is 0 Å². The number of piperidine rings is 1. The predicted octanol–water partition coefficient (Wildman–Crippen LogP) is 2.28. The van der Waals surface area contributed by atoms with E-state index in [-0.39, 0.29) is 0 Å². The largest absolute Gasteiger partial charge is 0.301 e. The normalized spacial score (nSPS) is 35.2. The fourth-order valence-corrected chi connectivity index (χ4v) is 4.60. The Hall–Kier alpha value is -0.120. The molecule has 3 aliphatic heterocycles. The molecule has 3 nitrogen and oxygen atoms in total. The molecule has 0 aromatic heterocycles. The van der Waals surface area contributed by atoms with Crippen LogP contribution in [0.5, 0.6) is 0 Å². The highest BCUT2D eigenvalue weighted by molar-refractivity contribution is 5.08. The van der Waals surface area contributed by atoms with Gasteiger partial charge in [0.2, 0.25) is 0 Å². The second kappa shape index (κ2) is 5.58. The Morgan fingerprint density at radius 3 is 2.40 bits per heavy atom. The fourth-order valence-electron chi connectivity index (χ4n) is 4.60. The van der Waals surface area contributed by atoms with E-state index in [9.17, 15) is 0 Å². The van der Waals surface area contributed by atoms with Crippen molar-refractivity contribution in [2.24, 2.45) is 5.41 Å². The van der Waals surface area contributed by atoms with Crippen LogP contribution >= 0.6 is 0 Å². The molecule has 1 unspecified atom stereocenters. The number of likely N-dealkylation sites (tertiary alicyclic amines) is 3. The van der Waals surface area contributed by atoms with Gasteiger partial charge in [-0.1, -0.05) is 6.92 Å². The van der Waals surface area contributed by atoms with Crippen LogP contribution in [0.1, 0.15) is 47.0 Å². The lowest BCUT2D eigenvalue weighted by atomic mass is 9.71. The van der Waals surface area contributed by atoms with Crippen LogP contribution in [0.25, 0.3) is 0 Å². The molecule has 0 amide bonds. The van der Waals surface area contributed by atoms with E-state index in [0.29, 0.717) is 5.41 Å². The Balaban J connectivity index is 1.43. The van der Waals surface area contributed by atoms with Crippen LogP contribution in [0.15, 0.2) is 0 Å². The van der Waals surface area contributed by atoms with Gasteiger partial charge in [0.15, 0.2) is 0 Å². The highest BCUT2D eigenvalue weighted by Crippen LogP contribution is 2.42. The van der Waals surface area contributed by atoms with Crippen molar-refractivity contribution in [1.29, 1.82) is 0 Å². The first-order valence-corrected chi connectivity index (χ1v) is 8.75. The van der Waals surface area contributed by atoms with Crippen molar-refractivity contribution in [3.63, 3.8) is 0 Å². The lowest BCUT2D eigenvalue weighted by Gasteiger charge is -2.64. The van der Waals surface area contributed by atoms with E-state index in [2.05, 4.69) is 42.4 Å². The summed E-state index contributed by atoms with van der Waals surface area (Å²) in [6, 6.07) is 2.41. The second-order valence-corrected chi connectivity index (χ2v) is 7.97. The molecular weight excluding hydrogens is 246 g/mol. The Bertz CT molecular complexity index is 327. The summed E-state index contributed by atoms with van der Waals surface area (Å²) in [5.74, 6) is 0. The number of rotatable bonds is 4. The van der Waals surface area contributed by atoms with Gasteiger partial charge in [-0.2, -0.15) is 0 Å². The Kier molecular flexibility index (Phi) is 4.13. The highest BCUT2D eigenvalue weighted by atomic mass is 15.3. The van der Waals surface area contributed by atoms with Crippen LogP contribution in [0.4, 0.5) is 0 Å². The van der Waals surface area contributed by atoms with Gasteiger partial charge < -0.3 is 4.90 Å². The molecule has 0 saturated carbocycles. The van der Waals surface area contributed by atoms with Crippen LogP contribution in [-0.4, -0.2) is 72.1 Å². The molecule has 0 aliphatic carbocycles. The third-order valence-corrected chi connectivity index (χ3v) is 5.90. The van der Waals surface area contributed by atoms with Gasteiger partial charge >= 0.3 is 0 Å². The number of hydrogen-bond acceptors (Lipinski definition) is 3. The molecule has 1 spiro atoms. The SMILES string of the molecule is CCCN1CCC(N2CC3(CN(C(C)C)C3)C2)C[C@H]1C. The maximum Gasteiger partial charge on any atom is 0.0212 e. The monoisotopic (exact) mass is 279 g/mol. The minimum absolute atomic E-state index is 0.689. The molecule has 3 heterocycles. The van der Waals surface area contributed by atoms with Crippen LogP contribution in [0.2, 0.25) is 0 Å². The summed E-state index contributed by atoms with van der Waals surface area (Å²) >= 11 is 0. The molecule has 3 rings (SSSR count). The topological polar surface area (TPSA) is 9.72 Å². The quantitative estimate of drug-likeness (QED) is 0.782. The molecule has 0 N–H and O–H groups in total. The molecule has 3 aliphatic rings. The average molecular weight is 279 g/mol. The fraction of sp³-hybridized carbons (Fsp3) is 1.00. The smallest absolute Gasteiger partial charge is 0.0212 e. The van der Waals surface area contributed by atoms with Crippen molar-refractivity contribution >= 4 is 0 Å². The summed E-state index contributed by atoms with van der Waals surface area (Å²) in [6.45, 7) is 17.5. The van der Waals surface area contributed by atoms with E-state index >= 15 is 0 Å². The zero-order valence-electron chi connectivity index (χ0n) is 13.9. The summed E-state index contributed by atoms with van der Waals surface area (Å²) in [5.41, 5.74) is 0.689. The molecular formula is C17H33N3. The van der Waals surface area contributed by atoms with Crippen molar-refractivity contribution in [2.45, 2.75) is 65.1 Å². The van der Waals surface area contributed by atoms with Crippen LogP contribution in [0.3, 0.4) is 0 Å². The Morgan fingerprint density at radius 2 is 1.85 bits per heavy atom. The minimum atomic E-state index is 0.689. The van der Waals surface area contributed by atoms with Gasteiger partial charge in [0.1, 0.15) is 0 Å². The van der Waals surface area contributed by atoms with Gasteiger partial charge in [-0.25, -0.2) is 0 Å². The number of hydrogen-bond donors (Lipinski definition) is 0. The van der Waals surface area contributed by atoms with Crippen LogP contribution in [-0.2, 0) is 0 Å². The first kappa shape index (κ1) is 14.8. The van der Waals surface area contributed by atoms with E-state index in [4.69, 9.17) is 0 Å². The van der Waals surface area contributed by atoms with Gasteiger partial charge in [0.05, 0.1) is 0 Å². The Labute approximate surface area is 125 Å². The molecule has 3 heteroatoms. The summed E-state index contributed by atoms with van der Waals surface area (Å²) in [5, 5.41) is 0. The van der Waals surface area contributed by atoms with Gasteiger partial charge in [0.25, 0.3) is 0 Å². The van der Waals surface area contributed by atoms with Gasteiger partial charge in [-0.3, -0.25) is 9.80 Å². The van der Waals surface area contributed by atoms with Crippen LogP contribution in [0, 0.1) is 5.41 Å². The molecule has 2 atom stereocenters. The Morgan fingerprint density at radius 1 is 1.15 bits per heavy atom. The lowest BCUT2D eigenvalue weighted by molar-refractivity contribution is -0.146. The van der Waals surface area contributed by atoms with E-state index in [1.54, 1.807) is 0 Å². The standard InChI is InChI=1S/C17H33N3/c1-5-7-18-8-6-16(9-15(18)4)20-12-17(13-20)10-19(11-17)14(2)3/h14-16H,5-13H2,1-4H3/t15-,16?/m1/s1. The van der Waals surface area contributed by atoms with Gasteiger partial charge in [-0.05, 0) is 53.1 Å². The summed E-state index contributed by atoms with van der Waals surface area (Å²) < 4.78 is 0. The van der Waals surface area contributed by atoms with Crippen molar-refractivity contribution in [3.8, 4) is 0 Å². The first-order chi connectivity index (χ1) is 9.53. The van der Waals surface area contributed by atoms with Crippen molar-refractivity contribution in [2.75, 3.05) is 39.3 Å². The predicted molar refractivity (Wildman–Crippen MR) is 85.1 cm³/mol. The molecule has 0 aromatic carbocycles. The molecule has 3 saturated heterocycles. The van der Waals surface area contributed by atoms with Crippen molar-refractivity contribution < 1.29 is 0 Å². The van der Waals surface area contributed by atoms with E-state index in [0.717, 1.165) is 18.1 Å². The summed E-state index contributed by atoms with van der Waals surface area (Å²) in [4.78, 5) is 8.11. The van der Waals surface area contributed by atoms with Crippen molar-refractivity contribution in [1.82, 2.24) is 14.7 Å². The average Bonchev–Trinajstić information content (AvgIpc) is 2.28. The third kappa shape index (κ3) is 2.65. The maximum atomic E-state index is 2.79. The number of nitrogens with zero attached hydrogens (tertiary/aromatic N) is 3. The van der Waals surface area contributed by atoms with E-state index < -0.39 is 0 Å². The minimum Gasteiger partial charge on any atom is -0.301 e. The second-order valence-electron chi connectivity index (χ2n) is 7.97. The summed E-state index contributed by atoms with van der Waals surface area (Å²) in [7, 11) is 0. The zero-order chi connectivity index (χ0) is 14.3. The van der Waals surface area contributed by atoms with Gasteiger partial charge in [-0.15, -0.1) is 0 Å². The molecule has 20 heavy (non-hydrogen) atoms. The molecule has 116 valence electrons.